The maximum atomic E-state index is 10.5. The van der Waals surface area contributed by atoms with Gasteiger partial charge in [0.15, 0.2) is 12.4 Å². The van der Waals surface area contributed by atoms with Gasteiger partial charge in [0.25, 0.3) is 0 Å². The fourth-order valence-electron chi connectivity index (χ4n) is 3.34. The number of benzene rings is 2. The Morgan fingerprint density at radius 2 is 1.48 bits per heavy atom. The fraction of sp³-hybridized carbons (Fsp3) is 0.333. The predicted octanol–water partition coefficient (Wildman–Crippen LogP) is 0.339. The second-order valence-electron chi connectivity index (χ2n) is 6.36. The Bertz CT molecular complexity index is 729. The van der Waals surface area contributed by atoms with Crippen molar-refractivity contribution >= 4 is 23.1 Å². The van der Waals surface area contributed by atoms with E-state index in [1.54, 1.807) is 11.8 Å². The quantitative estimate of drug-likeness (QED) is 0.615. The molecule has 2 aromatic carbocycles. The third-order valence-corrected chi connectivity index (χ3v) is 5.89. The predicted molar refractivity (Wildman–Crippen MR) is 93.6 cm³/mol. The molecular weight excluding hydrogens is 340 g/mol. The molecule has 7 heteroatoms. The SMILES string of the molecule is [NH3+][C@@H]1[C@@H](O)[C@@H](O)O[C@H](CN2c3ccccc3Sc3ccccc32)[C@H]1O. The molecule has 4 rings (SSSR count). The molecule has 0 amide bonds. The van der Waals surface area contributed by atoms with Crippen molar-refractivity contribution in [3.8, 4) is 0 Å². The van der Waals surface area contributed by atoms with Crippen LogP contribution in [-0.2, 0) is 4.74 Å². The summed E-state index contributed by atoms with van der Waals surface area (Å²) in [5.74, 6) is 0. The van der Waals surface area contributed by atoms with Crippen molar-refractivity contribution in [3.05, 3.63) is 48.5 Å². The van der Waals surface area contributed by atoms with Crippen LogP contribution in [0.3, 0.4) is 0 Å². The van der Waals surface area contributed by atoms with Crippen molar-refractivity contribution in [2.24, 2.45) is 0 Å². The van der Waals surface area contributed by atoms with E-state index in [1.807, 2.05) is 36.4 Å². The Labute approximate surface area is 149 Å². The van der Waals surface area contributed by atoms with Crippen LogP contribution in [0.4, 0.5) is 11.4 Å². The minimum absolute atomic E-state index is 0.353. The molecule has 1 fully saturated rings. The zero-order valence-corrected chi connectivity index (χ0v) is 14.3. The zero-order chi connectivity index (χ0) is 17.6. The molecule has 0 aliphatic carbocycles. The lowest BCUT2D eigenvalue weighted by Crippen LogP contribution is -2.78. The van der Waals surface area contributed by atoms with Gasteiger partial charge in [-0.15, -0.1) is 0 Å². The van der Waals surface area contributed by atoms with Crippen molar-refractivity contribution in [1.29, 1.82) is 0 Å². The van der Waals surface area contributed by atoms with Crippen LogP contribution >= 0.6 is 11.8 Å². The lowest BCUT2D eigenvalue weighted by atomic mass is 9.96. The number of anilines is 2. The molecule has 2 aliphatic rings. The summed E-state index contributed by atoms with van der Waals surface area (Å²) >= 11 is 1.70. The second-order valence-corrected chi connectivity index (χ2v) is 7.44. The molecular formula is C18H21N2O4S+. The summed E-state index contributed by atoms with van der Waals surface area (Å²) in [6, 6.07) is 15.4. The minimum Gasteiger partial charge on any atom is -0.384 e. The molecule has 0 aromatic heterocycles. The number of nitrogens with zero attached hydrogens (tertiary/aromatic N) is 1. The number of fused-ring (bicyclic) bond motifs is 2. The van der Waals surface area contributed by atoms with Crippen LogP contribution in [0.15, 0.2) is 58.3 Å². The molecule has 2 aromatic rings. The number of quaternary nitrogens is 1. The van der Waals surface area contributed by atoms with Gasteiger partial charge in [-0.25, -0.2) is 0 Å². The van der Waals surface area contributed by atoms with E-state index in [0.717, 1.165) is 21.2 Å². The van der Waals surface area contributed by atoms with Crippen LogP contribution in [0, 0.1) is 0 Å². The van der Waals surface area contributed by atoms with E-state index in [2.05, 4.69) is 22.8 Å². The van der Waals surface area contributed by atoms with Crippen LogP contribution in [0.5, 0.6) is 0 Å². The Morgan fingerprint density at radius 1 is 0.920 bits per heavy atom. The van der Waals surface area contributed by atoms with Crippen molar-refractivity contribution in [2.45, 2.75) is 40.4 Å². The summed E-state index contributed by atoms with van der Waals surface area (Å²) in [5.41, 5.74) is 5.84. The average molecular weight is 361 g/mol. The highest BCUT2D eigenvalue weighted by Crippen LogP contribution is 2.48. The number of hydrogen-bond acceptors (Lipinski definition) is 6. The van der Waals surface area contributed by atoms with E-state index in [-0.39, 0.29) is 0 Å². The standard InChI is InChI=1S/C18H20N2O4S/c19-15-16(21)12(24-18(23)17(15)22)9-20-10-5-1-3-7-13(10)25-14-8-4-2-6-11(14)20/h1-8,12,15-18,21-23H,9,19H2/p+1/t12-,15+,16-,17-,18+/m1/s1. The summed E-state index contributed by atoms with van der Waals surface area (Å²) in [6.07, 6.45) is -4.17. The van der Waals surface area contributed by atoms with E-state index in [1.165, 1.54) is 0 Å². The molecule has 6 N–H and O–H groups in total. The van der Waals surface area contributed by atoms with Gasteiger partial charge in [0.05, 0.1) is 17.9 Å². The normalized spacial score (nSPS) is 31.4. The van der Waals surface area contributed by atoms with Gasteiger partial charge in [-0.3, -0.25) is 0 Å². The molecule has 25 heavy (non-hydrogen) atoms. The number of aliphatic hydroxyl groups excluding tert-OH is 3. The fourth-order valence-corrected chi connectivity index (χ4v) is 4.43. The molecule has 2 aliphatic heterocycles. The van der Waals surface area contributed by atoms with Crippen molar-refractivity contribution in [3.63, 3.8) is 0 Å². The minimum atomic E-state index is -1.35. The first-order valence-electron chi connectivity index (χ1n) is 8.22. The molecule has 0 spiro atoms. The largest absolute Gasteiger partial charge is 0.384 e. The van der Waals surface area contributed by atoms with Gasteiger partial charge in [-0.1, -0.05) is 36.0 Å². The molecule has 0 unspecified atom stereocenters. The van der Waals surface area contributed by atoms with Crippen molar-refractivity contribution in [1.82, 2.24) is 0 Å². The van der Waals surface area contributed by atoms with Crippen LogP contribution in [0.1, 0.15) is 0 Å². The second kappa shape index (κ2) is 6.60. The van der Waals surface area contributed by atoms with Crippen molar-refractivity contribution < 1.29 is 25.8 Å². The Balaban J connectivity index is 1.68. The van der Waals surface area contributed by atoms with Gasteiger partial charge >= 0.3 is 0 Å². The molecule has 5 atom stereocenters. The highest BCUT2D eigenvalue weighted by Gasteiger charge is 2.45. The topological polar surface area (TPSA) is 101 Å². The van der Waals surface area contributed by atoms with Crippen LogP contribution in [0.2, 0.25) is 0 Å². The molecule has 0 bridgehead atoms. The highest BCUT2D eigenvalue weighted by atomic mass is 32.2. The van der Waals surface area contributed by atoms with Crippen LogP contribution < -0.4 is 10.6 Å². The monoisotopic (exact) mass is 361 g/mol. The third-order valence-electron chi connectivity index (χ3n) is 4.76. The maximum absolute atomic E-state index is 10.5. The number of hydrogen-bond donors (Lipinski definition) is 4. The van der Waals surface area contributed by atoms with Gasteiger partial charge in [-0.2, -0.15) is 0 Å². The number of ether oxygens (including phenoxy) is 1. The Morgan fingerprint density at radius 3 is 2.08 bits per heavy atom. The zero-order valence-electron chi connectivity index (χ0n) is 13.5. The number of para-hydroxylation sites is 2. The molecule has 6 nitrogen and oxygen atoms in total. The lowest BCUT2D eigenvalue weighted by molar-refractivity contribution is -0.485. The summed E-state index contributed by atoms with van der Waals surface area (Å²) in [4.78, 5) is 4.34. The van der Waals surface area contributed by atoms with Gasteiger partial charge < -0.3 is 30.7 Å². The van der Waals surface area contributed by atoms with E-state index in [0.29, 0.717) is 6.54 Å². The van der Waals surface area contributed by atoms with Gasteiger partial charge in [0.2, 0.25) is 0 Å². The number of rotatable bonds is 2. The number of aliphatic hydroxyl groups is 3. The first kappa shape index (κ1) is 16.8. The first-order valence-corrected chi connectivity index (χ1v) is 9.04. The van der Waals surface area contributed by atoms with Gasteiger partial charge in [-0.05, 0) is 24.3 Å². The van der Waals surface area contributed by atoms with Crippen molar-refractivity contribution in [2.75, 3.05) is 11.4 Å². The smallest absolute Gasteiger partial charge is 0.187 e. The molecule has 0 radical (unpaired) electrons. The van der Waals surface area contributed by atoms with E-state index in [4.69, 9.17) is 4.74 Å². The lowest BCUT2D eigenvalue weighted by Gasteiger charge is -2.41. The van der Waals surface area contributed by atoms with Crippen LogP contribution in [-0.4, -0.2) is 52.5 Å². The Hall–Kier alpha value is -1.61. The summed E-state index contributed by atoms with van der Waals surface area (Å²) < 4.78 is 5.48. The molecule has 0 saturated carbocycles. The van der Waals surface area contributed by atoms with Crippen LogP contribution in [0.25, 0.3) is 0 Å². The molecule has 1 saturated heterocycles. The first-order chi connectivity index (χ1) is 12.1. The van der Waals surface area contributed by atoms with E-state index >= 15 is 0 Å². The maximum Gasteiger partial charge on any atom is 0.187 e. The van der Waals surface area contributed by atoms with E-state index in [9.17, 15) is 15.3 Å². The molecule has 2 heterocycles. The highest BCUT2D eigenvalue weighted by molar-refractivity contribution is 7.99. The average Bonchev–Trinajstić information content (AvgIpc) is 2.64. The van der Waals surface area contributed by atoms with E-state index < -0.39 is 30.6 Å². The summed E-state index contributed by atoms with van der Waals surface area (Å²) in [7, 11) is 0. The third kappa shape index (κ3) is 2.93. The summed E-state index contributed by atoms with van der Waals surface area (Å²) in [6.45, 7) is 0.353. The van der Waals surface area contributed by atoms with Gasteiger partial charge in [0.1, 0.15) is 18.2 Å². The van der Waals surface area contributed by atoms with Gasteiger partial charge in [0, 0.05) is 9.79 Å². The summed E-state index contributed by atoms with van der Waals surface area (Å²) in [5, 5.41) is 30.2. The molecule has 132 valence electrons. The Kier molecular flexibility index (Phi) is 4.45.